The van der Waals surface area contributed by atoms with Crippen LogP contribution >= 0.6 is 12.4 Å². The number of unbranched alkanes of at least 4 members (excludes halogenated alkanes) is 2. The largest absolute Gasteiger partial charge is 0.491 e. The summed E-state index contributed by atoms with van der Waals surface area (Å²) in [6.07, 6.45) is 3.43. The first-order valence-electron chi connectivity index (χ1n) is 15.4. The van der Waals surface area contributed by atoms with Crippen LogP contribution in [0.5, 0.6) is 5.75 Å². The van der Waals surface area contributed by atoms with Crippen LogP contribution in [0.3, 0.4) is 0 Å². The molecule has 0 radical (unpaired) electrons. The van der Waals surface area contributed by atoms with Crippen molar-refractivity contribution in [3.63, 3.8) is 0 Å². The van der Waals surface area contributed by atoms with Gasteiger partial charge in [0.2, 0.25) is 5.91 Å². The van der Waals surface area contributed by atoms with Crippen molar-refractivity contribution in [2.45, 2.75) is 32.1 Å². The van der Waals surface area contributed by atoms with E-state index in [0.29, 0.717) is 53.3 Å². The molecule has 9 nitrogen and oxygen atoms in total. The van der Waals surface area contributed by atoms with Gasteiger partial charge in [-0.25, -0.2) is 0 Å². The lowest BCUT2D eigenvalue weighted by atomic mass is 10.1. The number of para-hydroxylation sites is 2. The highest BCUT2D eigenvalue weighted by Crippen LogP contribution is 2.29. The highest BCUT2D eigenvalue weighted by molar-refractivity contribution is 6.08. The summed E-state index contributed by atoms with van der Waals surface area (Å²) in [4.78, 5) is 44.5. The van der Waals surface area contributed by atoms with Gasteiger partial charge in [-0.1, -0.05) is 36.1 Å². The predicted octanol–water partition coefficient (Wildman–Crippen LogP) is 5.08. The van der Waals surface area contributed by atoms with Crippen molar-refractivity contribution >= 4 is 41.5 Å². The third kappa shape index (κ3) is 10.3. The molecule has 1 aliphatic rings. The molecular weight excluding hydrogens is 604 g/mol. The number of carbonyl (C=O) groups excluding carboxylic acids is 3. The van der Waals surface area contributed by atoms with E-state index < -0.39 is 0 Å². The monoisotopic (exact) mass is 646 g/mol. The van der Waals surface area contributed by atoms with Crippen molar-refractivity contribution in [1.82, 2.24) is 9.80 Å². The average Bonchev–Trinajstić information content (AvgIpc) is 3.06. The van der Waals surface area contributed by atoms with Crippen LogP contribution in [-0.4, -0.2) is 86.1 Å². The number of nitrogens with one attached hydrogen (secondary N) is 1. The lowest BCUT2D eigenvalue weighted by Crippen LogP contribution is -2.47. The van der Waals surface area contributed by atoms with Gasteiger partial charge < -0.3 is 29.9 Å². The van der Waals surface area contributed by atoms with E-state index in [4.69, 9.17) is 9.84 Å². The number of hydrogen-bond acceptors (Lipinski definition) is 6. The number of piperazine rings is 1. The van der Waals surface area contributed by atoms with E-state index in [1.807, 2.05) is 29.2 Å². The van der Waals surface area contributed by atoms with Gasteiger partial charge in [-0.15, -0.1) is 12.4 Å². The molecule has 3 amide bonds. The van der Waals surface area contributed by atoms with Crippen LogP contribution in [0.15, 0.2) is 72.8 Å². The Bertz CT molecular complexity index is 1510. The number of hydrogen-bond donors (Lipinski definition) is 2. The maximum Gasteiger partial charge on any atom is 0.258 e. The molecule has 2 N–H and O–H groups in total. The summed E-state index contributed by atoms with van der Waals surface area (Å²) in [5.74, 6) is 6.10. The second-order valence-corrected chi connectivity index (χ2v) is 11.0. The molecule has 10 heteroatoms. The quantitative estimate of drug-likeness (QED) is 0.210. The summed E-state index contributed by atoms with van der Waals surface area (Å²) in [6.45, 7) is 3.92. The van der Waals surface area contributed by atoms with Crippen LogP contribution in [0.2, 0.25) is 0 Å². The number of amides is 3. The molecule has 244 valence electrons. The Morgan fingerprint density at radius 3 is 2.35 bits per heavy atom. The van der Waals surface area contributed by atoms with Gasteiger partial charge in [0, 0.05) is 62.9 Å². The molecule has 0 aromatic heterocycles. The van der Waals surface area contributed by atoms with Gasteiger partial charge in [0.15, 0.2) is 0 Å². The zero-order chi connectivity index (χ0) is 32.0. The van der Waals surface area contributed by atoms with E-state index >= 15 is 0 Å². The summed E-state index contributed by atoms with van der Waals surface area (Å²) in [7, 11) is 3.79. The number of anilines is 2. The SMILES string of the molecule is CN1CCN(C(=O)CCCCCOc2ccccc2N(C)C(=O)c2ccc(NC(=O)c3ccccc3C#CCCO)cc2)CC1.Cl. The Hall–Kier alpha value is -4.36. The number of rotatable bonds is 12. The molecule has 1 saturated heterocycles. The molecular formula is C36H43ClN4O5. The zero-order valence-electron chi connectivity index (χ0n) is 26.5. The third-order valence-corrected chi connectivity index (χ3v) is 7.70. The van der Waals surface area contributed by atoms with Crippen LogP contribution in [0.25, 0.3) is 0 Å². The molecule has 3 aromatic carbocycles. The number of likely N-dealkylation sites (N-methyl/N-ethyl adjacent to an activating group) is 1. The minimum Gasteiger partial charge on any atom is -0.491 e. The Balaban J connectivity index is 0.00000576. The van der Waals surface area contributed by atoms with E-state index in [-0.39, 0.29) is 36.7 Å². The molecule has 1 aliphatic heterocycles. The van der Waals surface area contributed by atoms with Crippen molar-refractivity contribution in [3.8, 4) is 17.6 Å². The predicted molar refractivity (Wildman–Crippen MR) is 184 cm³/mol. The number of ether oxygens (including phenoxy) is 1. The van der Waals surface area contributed by atoms with Crippen molar-refractivity contribution < 1.29 is 24.2 Å². The number of aliphatic hydroxyl groups excluding tert-OH is 1. The van der Waals surface area contributed by atoms with Gasteiger partial charge in [-0.3, -0.25) is 14.4 Å². The maximum atomic E-state index is 13.4. The molecule has 4 rings (SSSR count). The lowest BCUT2D eigenvalue weighted by molar-refractivity contribution is -0.132. The Morgan fingerprint density at radius 1 is 0.913 bits per heavy atom. The Morgan fingerprint density at radius 2 is 1.61 bits per heavy atom. The van der Waals surface area contributed by atoms with Crippen LogP contribution < -0.4 is 15.0 Å². The molecule has 0 aliphatic carbocycles. The summed E-state index contributed by atoms with van der Waals surface area (Å²) in [5.41, 5.74) is 2.67. The molecule has 1 heterocycles. The highest BCUT2D eigenvalue weighted by atomic mass is 35.5. The van der Waals surface area contributed by atoms with Crippen molar-refractivity contribution in [1.29, 1.82) is 0 Å². The number of halogens is 1. The second kappa shape index (κ2) is 18.6. The van der Waals surface area contributed by atoms with Crippen LogP contribution in [0.1, 0.15) is 58.4 Å². The van der Waals surface area contributed by atoms with E-state index in [9.17, 15) is 14.4 Å². The highest BCUT2D eigenvalue weighted by Gasteiger charge is 2.19. The fraction of sp³-hybridized carbons (Fsp3) is 0.361. The van der Waals surface area contributed by atoms with Crippen LogP contribution in [0, 0.1) is 11.8 Å². The van der Waals surface area contributed by atoms with Gasteiger partial charge in [-0.2, -0.15) is 0 Å². The van der Waals surface area contributed by atoms with Crippen molar-refractivity contribution in [2.24, 2.45) is 0 Å². The van der Waals surface area contributed by atoms with Gasteiger partial charge in [0.05, 0.1) is 24.5 Å². The van der Waals surface area contributed by atoms with E-state index in [1.165, 1.54) is 0 Å². The average molecular weight is 647 g/mol. The molecule has 3 aromatic rings. The summed E-state index contributed by atoms with van der Waals surface area (Å²) >= 11 is 0. The van der Waals surface area contributed by atoms with E-state index in [1.54, 1.807) is 60.5 Å². The normalized spacial score (nSPS) is 12.7. The number of nitrogens with zero attached hydrogens (tertiary/aromatic N) is 3. The van der Waals surface area contributed by atoms with Crippen molar-refractivity contribution in [2.75, 3.05) is 63.7 Å². The van der Waals surface area contributed by atoms with Crippen LogP contribution in [-0.2, 0) is 4.79 Å². The van der Waals surface area contributed by atoms with Crippen molar-refractivity contribution in [3.05, 3.63) is 89.5 Å². The first-order chi connectivity index (χ1) is 21.9. The summed E-state index contributed by atoms with van der Waals surface area (Å²) in [5, 5.41) is 11.8. The zero-order valence-corrected chi connectivity index (χ0v) is 27.4. The molecule has 0 bridgehead atoms. The number of aliphatic hydroxyl groups is 1. The van der Waals surface area contributed by atoms with Gasteiger partial charge >= 0.3 is 0 Å². The fourth-order valence-electron chi connectivity index (χ4n) is 5.01. The first kappa shape index (κ1) is 36.1. The van der Waals surface area contributed by atoms with E-state index in [2.05, 4.69) is 29.1 Å². The molecule has 46 heavy (non-hydrogen) atoms. The number of benzene rings is 3. The lowest BCUT2D eigenvalue weighted by Gasteiger charge is -2.32. The van der Waals surface area contributed by atoms with Crippen LogP contribution in [0.4, 0.5) is 11.4 Å². The van der Waals surface area contributed by atoms with Gasteiger partial charge in [-0.05, 0) is 74.8 Å². The standard InChI is InChI=1S/C36H42N4O5.ClH/c1-38-22-24-40(25-23-38)34(42)17-4-3-11-27-45-33-16-8-7-15-32(33)39(2)36(44)29-18-20-30(21-19-29)37-35(43)31-14-6-5-12-28(31)13-9-10-26-41;/h5-8,12,14-16,18-21,41H,3-4,10-11,17,22-27H2,1-2H3,(H,37,43);1H. The minimum absolute atomic E-state index is 0. The fourth-order valence-corrected chi connectivity index (χ4v) is 5.01. The topological polar surface area (TPSA) is 102 Å². The Kier molecular flexibility index (Phi) is 14.6. The molecule has 1 fully saturated rings. The molecule has 0 spiro atoms. The Labute approximate surface area is 277 Å². The third-order valence-electron chi connectivity index (χ3n) is 7.70. The molecule has 0 saturated carbocycles. The summed E-state index contributed by atoms with van der Waals surface area (Å²) in [6, 6.07) is 21.2. The van der Waals surface area contributed by atoms with E-state index in [0.717, 1.165) is 45.4 Å². The first-order valence-corrected chi connectivity index (χ1v) is 15.4. The molecule has 0 atom stereocenters. The summed E-state index contributed by atoms with van der Waals surface area (Å²) < 4.78 is 6.06. The van der Waals surface area contributed by atoms with Gasteiger partial charge in [0.25, 0.3) is 11.8 Å². The second-order valence-electron chi connectivity index (χ2n) is 11.0. The maximum absolute atomic E-state index is 13.4. The number of carbonyl (C=O) groups is 3. The smallest absolute Gasteiger partial charge is 0.258 e. The minimum atomic E-state index is -0.312. The van der Waals surface area contributed by atoms with Gasteiger partial charge in [0.1, 0.15) is 5.75 Å². The molecule has 0 unspecified atom stereocenters.